The van der Waals surface area contributed by atoms with Crippen molar-refractivity contribution in [2.24, 2.45) is 16.7 Å². The molecule has 4 amide bonds. The number of nitrogens with zero attached hydrogens (tertiary/aromatic N) is 3. The Bertz CT molecular complexity index is 1070. The van der Waals surface area contributed by atoms with Crippen LogP contribution in [0.15, 0.2) is 11.6 Å². The number of piperidine rings is 1. The van der Waals surface area contributed by atoms with Crippen LogP contribution in [0.4, 0.5) is 0 Å². The minimum absolute atomic E-state index is 0.0115. The second-order valence-electron chi connectivity index (χ2n) is 16.0. The monoisotopic (exact) mass is 633 g/mol. The van der Waals surface area contributed by atoms with Gasteiger partial charge in [0.15, 0.2) is 0 Å². The van der Waals surface area contributed by atoms with Gasteiger partial charge in [-0.2, -0.15) is 0 Å². The van der Waals surface area contributed by atoms with Gasteiger partial charge in [0.05, 0.1) is 24.7 Å². The molecule has 2 aliphatic rings. The van der Waals surface area contributed by atoms with Crippen LogP contribution in [-0.2, 0) is 19.2 Å². The first-order valence-electron chi connectivity index (χ1n) is 17.0. The maximum atomic E-state index is 14.1. The zero-order valence-corrected chi connectivity index (χ0v) is 30.2. The first-order valence-corrected chi connectivity index (χ1v) is 17.0. The molecule has 258 valence electrons. The number of hydrogen-bond donors (Lipinski definition) is 3. The molecule has 0 aromatic carbocycles. The highest BCUT2D eigenvalue weighted by molar-refractivity contribution is 5.97. The standard InChI is InChI=1S/C35H63N5O5/c1-22(2)27(20-24(5)32(44)40-19-15-17-26(40)30(42)36-28(21-41)34(6,7)8)38(12)33(45)29(35(9,10)11)37-31(43)25-16-13-14-18-39(25)23(3)4/h20,22-23,25-29,41H,13-19,21H2,1-12H3,(H,36,42)(H,37,43)/b24-20+/t25?,26-,27?,28?,29?/m0/s1. The van der Waals surface area contributed by atoms with Crippen molar-refractivity contribution in [2.75, 3.05) is 26.7 Å². The summed E-state index contributed by atoms with van der Waals surface area (Å²) >= 11 is 0. The van der Waals surface area contributed by atoms with Crippen molar-refractivity contribution in [3.8, 4) is 0 Å². The van der Waals surface area contributed by atoms with Crippen LogP contribution in [0.5, 0.6) is 0 Å². The van der Waals surface area contributed by atoms with Crippen LogP contribution in [0.25, 0.3) is 0 Å². The SMILES string of the molecule is C/C(=C\C(C(C)C)N(C)C(=O)C(NC(=O)C1CCCCN1C(C)C)C(C)(C)C)C(=O)N1CCC[C@H]1C(=O)NC(CO)C(C)(C)C. The summed E-state index contributed by atoms with van der Waals surface area (Å²) in [5, 5.41) is 15.9. The highest BCUT2D eigenvalue weighted by Crippen LogP contribution is 2.27. The van der Waals surface area contributed by atoms with E-state index >= 15 is 0 Å². The Morgan fingerprint density at radius 3 is 1.96 bits per heavy atom. The van der Waals surface area contributed by atoms with Crippen LogP contribution in [0, 0.1) is 16.7 Å². The smallest absolute Gasteiger partial charge is 0.249 e. The maximum absolute atomic E-state index is 14.1. The second kappa shape index (κ2) is 15.9. The Hall–Kier alpha value is -2.46. The Morgan fingerprint density at radius 1 is 0.867 bits per heavy atom. The van der Waals surface area contributed by atoms with Gasteiger partial charge in [0.2, 0.25) is 23.6 Å². The van der Waals surface area contributed by atoms with Crippen molar-refractivity contribution in [3.05, 3.63) is 11.6 Å². The van der Waals surface area contributed by atoms with Crippen molar-refractivity contribution in [1.82, 2.24) is 25.3 Å². The minimum Gasteiger partial charge on any atom is -0.394 e. The normalized spacial score (nSPS) is 22.3. The van der Waals surface area contributed by atoms with Crippen molar-refractivity contribution in [3.63, 3.8) is 0 Å². The van der Waals surface area contributed by atoms with Crippen LogP contribution >= 0.6 is 0 Å². The zero-order chi connectivity index (χ0) is 34.4. The molecule has 0 radical (unpaired) electrons. The molecule has 0 aliphatic carbocycles. The van der Waals surface area contributed by atoms with E-state index in [0.29, 0.717) is 25.0 Å². The predicted octanol–water partition coefficient (Wildman–Crippen LogP) is 3.72. The van der Waals surface area contributed by atoms with Gasteiger partial charge in [-0.1, -0.05) is 67.9 Å². The molecule has 0 bridgehead atoms. The van der Waals surface area contributed by atoms with Gasteiger partial charge in [0.25, 0.3) is 0 Å². The van der Waals surface area contributed by atoms with Crippen LogP contribution in [0.3, 0.4) is 0 Å². The highest BCUT2D eigenvalue weighted by atomic mass is 16.3. The van der Waals surface area contributed by atoms with Crippen LogP contribution < -0.4 is 10.6 Å². The van der Waals surface area contributed by atoms with E-state index in [-0.39, 0.29) is 53.7 Å². The molecule has 2 saturated heterocycles. The molecule has 5 atom stereocenters. The molecule has 0 aromatic rings. The van der Waals surface area contributed by atoms with E-state index in [2.05, 4.69) is 29.4 Å². The van der Waals surface area contributed by atoms with Crippen LogP contribution in [-0.4, -0.2) is 106 Å². The van der Waals surface area contributed by atoms with Crippen molar-refractivity contribution >= 4 is 23.6 Å². The Kier molecular flexibility index (Phi) is 13.7. The molecule has 45 heavy (non-hydrogen) atoms. The molecular formula is C35H63N5O5. The average molecular weight is 634 g/mol. The lowest BCUT2D eigenvalue weighted by Gasteiger charge is -2.41. The van der Waals surface area contributed by atoms with Gasteiger partial charge in [-0.15, -0.1) is 0 Å². The summed E-state index contributed by atoms with van der Waals surface area (Å²) in [6.07, 6.45) is 5.92. The largest absolute Gasteiger partial charge is 0.394 e. The van der Waals surface area contributed by atoms with E-state index in [1.54, 1.807) is 23.8 Å². The molecule has 0 aromatic heterocycles. The molecule has 2 fully saturated rings. The van der Waals surface area contributed by atoms with Gasteiger partial charge >= 0.3 is 0 Å². The Balaban J connectivity index is 2.27. The third kappa shape index (κ3) is 10.0. The molecule has 2 heterocycles. The topological polar surface area (TPSA) is 122 Å². The first kappa shape index (κ1) is 38.7. The summed E-state index contributed by atoms with van der Waals surface area (Å²) in [5.41, 5.74) is -0.401. The maximum Gasteiger partial charge on any atom is 0.249 e. The number of hydrogen-bond acceptors (Lipinski definition) is 6. The fourth-order valence-electron chi connectivity index (χ4n) is 6.48. The van der Waals surface area contributed by atoms with E-state index in [9.17, 15) is 24.3 Å². The summed E-state index contributed by atoms with van der Waals surface area (Å²) in [7, 11) is 1.74. The number of aliphatic hydroxyl groups is 1. The number of rotatable bonds is 11. The molecule has 4 unspecified atom stereocenters. The number of likely N-dealkylation sites (tertiary alicyclic amines) is 2. The summed E-state index contributed by atoms with van der Waals surface area (Å²) < 4.78 is 0. The number of amides is 4. The summed E-state index contributed by atoms with van der Waals surface area (Å²) in [4.78, 5) is 60.2. The van der Waals surface area contributed by atoms with Crippen molar-refractivity contribution in [2.45, 2.75) is 145 Å². The van der Waals surface area contributed by atoms with E-state index in [0.717, 1.165) is 25.8 Å². The number of nitrogens with one attached hydrogen (secondary N) is 2. The first-order chi connectivity index (χ1) is 20.7. The summed E-state index contributed by atoms with van der Waals surface area (Å²) in [6.45, 7) is 22.8. The molecule has 10 heteroatoms. The van der Waals surface area contributed by atoms with Gasteiger partial charge in [0.1, 0.15) is 12.1 Å². The number of likely N-dealkylation sites (N-methyl/N-ethyl adjacent to an activating group) is 1. The molecular weight excluding hydrogens is 570 g/mol. The number of carbonyl (C=O) groups is 4. The molecule has 2 rings (SSSR count). The molecule has 0 saturated carbocycles. The van der Waals surface area contributed by atoms with Gasteiger partial charge in [-0.25, -0.2) is 0 Å². The van der Waals surface area contributed by atoms with Crippen LogP contribution in [0.2, 0.25) is 0 Å². The highest BCUT2D eigenvalue weighted by Gasteiger charge is 2.41. The lowest BCUT2D eigenvalue weighted by molar-refractivity contribution is -0.142. The Labute approximate surface area is 272 Å². The third-order valence-corrected chi connectivity index (χ3v) is 9.51. The Morgan fingerprint density at radius 2 is 1.44 bits per heavy atom. The van der Waals surface area contributed by atoms with Gasteiger partial charge in [-0.05, 0) is 69.7 Å². The third-order valence-electron chi connectivity index (χ3n) is 9.51. The lowest BCUT2D eigenvalue weighted by Crippen LogP contribution is -2.60. The fraction of sp³-hybridized carbons (Fsp3) is 0.829. The zero-order valence-electron chi connectivity index (χ0n) is 30.2. The molecule has 2 aliphatic heterocycles. The average Bonchev–Trinajstić information content (AvgIpc) is 3.44. The van der Waals surface area contributed by atoms with Crippen molar-refractivity contribution < 1.29 is 24.3 Å². The quantitative estimate of drug-likeness (QED) is 0.298. The lowest BCUT2D eigenvalue weighted by atomic mass is 9.84. The van der Waals surface area contributed by atoms with Gasteiger partial charge in [0, 0.05) is 25.2 Å². The predicted molar refractivity (Wildman–Crippen MR) is 179 cm³/mol. The van der Waals surface area contributed by atoms with E-state index < -0.39 is 29.6 Å². The minimum atomic E-state index is -0.745. The summed E-state index contributed by atoms with van der Waals surface area (Å²) in [6, 6.07) is -2.21. The van der Waals surface area contributed by atoms with E-state index in [1.807, 2.05) is 61.5 Å². The van der Waals surface area contributed by atoms with Crippen LogP contribution in [0.1, 0.15) is 108 Å². The molecule has 0 spiro atoms. The van der Waals surface area contributed by atoms with Gasteiger partial charge < -0.3 is 25.5 Å². The molecule has 3 N–H and O–H groups in total. The molecule has 10 nitrogen and oxygen atoms in total. The van der Waals surface area contributed by atoms with Gasteiger partial charge in [-0.3, -0.25) is 24.1 Å². The van der Waals surface area contributed by atoms with E-state index in [4.69, 9.17) is 0 Å². The number of aliphatic hydroxyl groups excluding tert-OH is 1. The van der Waals surface area contributed by atoms with Crippen molar-refractivity contribution in [1.29, 1.82) is 0 Å². The van der Waals surface area contributed by atoms with E-state index in [1.165, 1.54) is 0 Å². The number of carbonyl (C=O) groups excluding carboxylic acids is 4. The summed E-state index contributed by atoms with van der Waals surface area (Å²) in [5.74, 6) is -0.812. The second-order valence-corrected chi connectivity index (χ2v) is 16.0. The fourth-order valence-corrected chi connectivity index (χ4v) is 6.48.